The average molecular weight is 1450 g/mol. The molecule has 1 saturated carbocycles. The quantitative estimate of drug-likeness (QED) is 0.00673. The van der Waals surface area contributed by atoms with Gasteiger partial charge in [-0.1, -0.05) is 283 Å². The topological polar surface area (TPSA) is 374 Å². The summed E-state index contributed by atoms with van der Waals surface area (Å²) in [4.78, 5) is 50.9. The van der Waals surface area contributed by atoms with E-state index in [1.165, 1.54) is 173 Å². The molecule has 0 bridgehead atoms. The SMILES string of the molecule is CCCCCCCCCCCCC/C=C/C=C/C(=O)OCC(COP(=O)(O)OC1C(OC2OC(CO)C(O)C(O)C2O)C(O)C(O)C(O)C1OC1OC(COC(=O)CCCCCCCCCCCCCCCC)C(O)C(O)C1O)OC(=O)CCCCCCCCCCCCCCCCCC. The van der Waals surface area contributed by atoms with Gasteiger partial charge in [-0.3, -0.25) is 18.6 Å². The van der Waals surface area contributed by atoms with Crippen molar-refractivity contribution in [3.63, 3.8) is 0 Å². The summed E-state index contributed by atoms with van der Waals surface area (Å²) in [5.41, 5.74) is 0. The Bertz CT molecular complexity index is 2160. The van der Waals surface area contributed by atoms with E-state index >= 15 is 0 Å². The Balaban J connectivity index is 1.74. The first-order valence-corrected chi connectivity index (χ1v) is 40.7. The zero-order valence-electron chi connectivity index (χ0n) is 61.2. The largest absolute Gasteiger partial charge is 0.472 e. The summed E-state index contributed by atoms with van der Waals surface area (Å²) in [5, 5.41) is 110. The molecular weight excluding hydrogens is 1320 g/mol. The fourth-order valence-electron chi connectivity index (χ4n) is 13.0. The van der Waals surface area contributed by atoms with Crippen molar-refractivity contribution in [2.75, 3.05) is 26.4 Å². The molecule has 24 nitrogen and oxygen atoms in total. The van der Waals surface area contributed by atoms with Gasteiger partial charge in [-0.15, -0.1) is 0 Å². The highest BCUT2D eigenvalue weighted by Gasteiger charge is 2.58. The van der Waals surface area contributed by atoms with E-state index in [2.05, 4.69) is 20.8 Å². The summed E-state index contributed by atoms with van der Waals surface area (Å²) < 4.78 is 64.9. The van der Waals surface area contributed by atoms with Crippen LogP contribution >= 0.6 is 7.82 Å². The molecule has 3 fully saturated rings. The number of aliphatic hydroxyl groups is 10. The lowest BCUT2D eigenvalue weighted by molar-refractivity contribution is -0.360. The third-order valence-corrected chi connectivity index (χ3v) is 20.3. The molecule has 0 aromatic rings. The molecule has 3 rings (SSSR count). The maximum Gasteiger partial charge on any atom is 0.472 e. The molecule has 0 radical (unpaired) electrons. The lowest BCUT2D eigenvalue weighted by Gasteiger charge is -2.49. The van der Waals surface area contributed by atoms with Crippen molar-refractivity contribution in [2.45, 2.75) is 407 Å². The second-order valence-electron chi connectivity index (χ2n) is 28.2. The van der Waals surface area contributed by atoms with Crippen molar-refractivity contribution in [2.24, 2.45) is 0 Å². The Labute approximate surface area is 598 Å². The Kier molecular flexibility index (Phi) is 52.0. The number of carbonyl (C=O) groups excluding carboxylic acids is 3. The number of unbranched alkanes of at least 4 members (excludes halogenated alkanes) is 39. The molecule has 18 unspecified atom stereocenters. The zero-order chi connectivity index (χ0) is 73.2. The number of phosphoric ester groups is 1. The molecule has 0 aromatic heterocycles. The number of phosphoric acid groups is 1. The Morgan fingerprint density at radius 1 is 0.410 bits per heavy atom. The number of ether oxygens (including phenoxy) is 7. The summed E-state index contributed by atoms with van der Waals surface area (Å²) in [6.07, 6.45) is 18.7. The van der Waals surface area contributed by atoms with Crippen LogP contribution in [-0.2, 0) is 61.2 Å². The van der Waals surface area contributed by atoms with Crippen molar-refractivity contribution < 1.29 is 117 Å². The van der Waals surface area contributed by atoms with Crippen LogP contribution in [0.4, 0.5) is 0 Å². The zero-order valence-corrected chi connectivity index (χ0v) is 62.1. The second kappa shape index (κ2) is 56.7. The minimum absolute atomic E-state index is 0.0290. The van der Waals surface area contributed by atoms with E-state index in [1.54, 1.807) is 6.08 Å². The lowest BCUT2D eigenvalue weighted by atomic mass is 9.84. The summed E-state index contributed by atoms with van der Waals surface area (Å²) in [7, 11) is -5.72. The number of rotatable bonds is 61. The van der Waals surface area contributed by atoms with Gasteiger partial charge in [0.15, 0.2) is 18.7 Å². The minimum Gasteiger partial charge on any atom is -0.463 e. The monoisotopic (exact) mass is 1450 g/mol. The highest BCUT2D eigenvalue weighted by atomic mass is 31.2. The maximum absolute atomic E-state index is 14.3. The van der Waals surface area contributed by atoms with Crippen molar-refractivity contribution >= 4 is 25.7 Å². The van der Waals surface area contributed by atoms with Crippen molar-refractivity contribution in [1.29, 1.82) is 0 Å². The summed E-state index contributed by atoms with van der Waals surface area (Å²) in [6.45, 7) is 3.36. The molecule has 0 amide bonds. The normalized spacial score (nSPS) is 27.4. The van der Waals surface area contributed by atoms with E-state index in [-0.39, 0.29) is 12.8 Å². The standard InChI is InChI=1S/C75H137O24P/c1-4-7-10-13-16-19-22-25-28-30-33-36-39-42-45-48-51-61(79)94-56(53-91-59(77)49-46-43-40-37-35-32-29-26-23-20-17-14-11-8-5-2)54-93-100(89,90)99-73-71(97-74-69(87)64(82)62(80)57(52-76)95-74)67(85)66(84)68(86)72(73)98-75-70(88)65(83)63(81)58(96-75)55-92-60(78)50-47-44-41-38-34-31-27-24-21-18-15-12-9-6-3/h40,43,46,49,56-58,62-76,80-88H,4-39,41-42,44-45,47-48,50-55H2,1-3H3,(H,89,90)/b43-40+,49-46+. The predicted octanol–water partition coefficient (Wildman–Crippen LogP) is 11.3. The van der Waals surface area contributed by atoms with Crippen molar-refractivity contribution in [3.8, 4) is 0 Å². The first-order chi connectivity index (χ1) is 48.3. The molecule has 0 aromatic carbocycles. The highest BCUT2D eigenvalue weighted by molar-refractivity contribution is 7.47. The van der Waals surface area contributed by atoms with Crippen LogP contribution in [0.5, 0.6) is 0 Å². The van der Waals surface area contributed by atoms with Gasteiger partial charge in [0, 0.05) is 18.9 Å². The van der Waals surface area contributed by atoms with Gasteiger partial charge in [-0.2, -0.15) is 0 Å². The van der Waals surface area contributed by atoms with Crippen LogP contribution in [0.3, 0.4) is 0 Å². The summed E-state index contributed by atoms with van der Waals surface area (Å²) in [5.74, 6) is -2.23. The van der Waals surface area contributed by atoms with Gasteiger partial charge in [0.25, 0.3) is 0 Å². The average Bonchev–Trinajstić information content (AvgIpc) is 0.762. The van der Waals surface area contributed by atoms with Gasteiger partial charge in [0.05, 0.1) is 13.2 Å². The first kappa shape index (κ1) is 91.6. The Morgan fingerprint density at radius 3 is 1.18 bits per heavy atom. The third kappa shape index (κ3) is 39.2. The summed E-state index contributed by atoms with van der Waals surface area (Å²) >= 11 is 0. The smallest absolute Gasteiger partial charge is 0.463 e. The van der Waals surface area contributed by atoms with E-state index in [0.29, 0.717) is 12.8 Å². The molecule has 0 spiro atoms. The van der Waals surface area contributed by atoms with Gasteiger partial charge in [0.1, 0.15) is 98.7 Å². The van der Waals surface area contributed by atoms with E-state index in [9.17, 15) is 74.9 Å². The van der Waals surface area contributed by atoms with E-state index in [1.807, 2.05) is 6.08 Å². The molecular formula is C75H137O24P. The van der Waals surface area contributed by atoms with Crippen molar-refractivity contribution in [3.05, 3.63) is 24.3 Å². The third-order valence-electron chi connectivity index (χ3n) is 19.3. The lowest BCUT2D eigenvalue weighted by Crippen LogP contribution is -2.69. The fourth-order valence-corrected chi connectivity index (χ4v) is 13.9. The van der Waals surface area contributed by atoms with Crippen LogP contribution in [-0.4, -0.2) is 204 Å². The van der Waals surface area contributed by atoms with E-state index in [0.717, 1.165) is 96.0 Å². The molecule has 586 valence electrons. The number of esters is 3. The van der Waals surface area contributed by atoms with Crippen molar-refractivity contribution in [1.82, 2.24) is 0 Å². The molecule has 11 N–H and O–H groups in total. The summed E-state index contributed by atoms with van der Waals surface area (Å²) in [6, 6.07) is 0. The Morgan fingerprint density at radius 2 is 0.770 bits per heavy atom. The van der Waals surface area contributed by atoms with Crippen LogP contribution in [0.1, 0.15) is 303 Å². The minimum atomic E-state index is -5.72. The van der Waals surface area contributed by atoms with Gasteiger partial charge in [-0.05, 0) is 25.7 Å². The number of carbonyl (C=O) groups is 3. The van der Waals surface area contributed by atoms with Crippen LogP contribution in [0.25, 0.3) is 0 Å². The first-order valence-electron chi connectivity index (χ1n) is 39.2. The maximum atomic E-state index is 14.3. The van der Waals surface area contributed by atoms with E-state index in [4.69, 9.17) is 42.2 Å². The number of hydrogen-bond donors (Lipinski definition) is 11. The van der Waals surface area contributed by atoms with Crippen LogP contribution in [0.2, 0.25) is 0 Å². The molecule has 100 heavy (non-hydrogen) atoms. The number of allylic oxidation sites excluding steroid dienone is 3. The fraction of sp³-hybridized carbons (Fsp3) is 0.907. The van der Waals surface area contributed by atoms with Gasteiger partial charge in [0.2, 0.25) is 0 Å². The number of hydrogen-bond acceptors (Lipinski definition) is 23. The van der Waals surface area contributed by atoms with Gasteiger partial charge in [-0.25, -0.2) is 9.36 Å². The second-order valence-corrected chi connectivity index (χ2v) is 29.6. The molecule has 25 heteroatoms. The van der Waals surface area contributed by atoms with Crippen LogP contribution < -0.4 is 0 Å². The van der Waals surface area contributed by atoms with Gasteiger partial charge < -0.3 is 89.1 Å². The van der Waals surface area contributed by atoms with Crippen LogP contribution in [0, 0.1) is 0 Å². The molecule has 2 saturated heterocycles. The molecule has 3 aliphatic rings. The predicted molar refractivity (Wildman–Crippen MR) is 379 cm³/mol. The molecule has 2 heterocycles. The van der Waals surface area contributed by atoms with Crippen LogP contribution in [0.15, 0.2) is 24.3 Å². The highest BCUT2D eigenvalue weighted by Crippen LogP contribution is 2.49. The molecule has 2 aliphatic heterocycles. The van der Waals surface area contributed by atoms with Gasteiger partial charge >= 0.3 is 25.7 Å². The molecule has 1 aliphatic carbocycles. The molecule has 18 atom stereocenters. The number of aliphatic hydroxyl groups excluding tert-OH is 10. The van der Waals surface area contributed by atoms with E-state index < -0.39 is 156 Å². The Hall–Kier alpha value is -2.56.